The van der Waals surface area contributed by atoms with Gasteiger partial charge in [-0.2, -0.15) is 0 Å². The van der Waals surface area contributed by atoms with Crippen molar-refractivity contribution in [3.63, 3.8) is 0 Å². The number of nitrogens with zero attached hydrogens (tertiary/aromatic N) is 2. The molecule has 2 aromatic heterocycles. The number of nitrogens with one attached hydrogen (secondary N) is 1. The van der Waals surface area contributed by atoms with Crippen LogP contribution < -0.4 is 14.8 Å². The lowest BCUT2D eigenvalue weighted by atomic mass is 9.87. The third-order valence-electron chi connectivity index (χ3n) is 7.42. The molecule has 0 saturated carbocycles. The maximum atomic E-state index is 15.3. The van der Waals surface area contributed by atoms with Crippen molar-refractivity contribution in [1.29, 1.82) is 0 Å². The largest absolute Gasteiger partial charge is 0.491 e. The van der Waals surface area contributed by atoms with Crippen molar-refractivity contribution in [3.8, 4) is 17.2 Å². The second-order valence-corrected chi connectivity index (χ2v) is 11.0. The van der Waals surface area contributed by atoms with E-state index in [1.54, 1.807) is 62.0 Å². The molecule has 1 aliphatic carbocycles. The highest BCUT2D eigenvalue weighted by Crippen LogP contribution is 2.35. The van der Waals surface area contributed by atoms with Gasteiger partial charge in [0, 0.05) is 48.3 Å². The summed E-state index contributed by atoms with van der Waals surface area (Å²) in [5.41, 5.74) is 2.85. The molecule has 1 aliphatic rings. The SMILES string of the molecule is COC(C)(C)COc1ccc2c(Oc3ccc(Nc4nccc5c4C(=O)C(c4ccc(F)cc4)=CC5)cc3F)ccnc2c1. The van der Waals surface area contributed by atoms with Crippen LogP contribution in [0.5, 0.6) is 17.2 Å². The van der Waals surface area contributed by atoms with Crippen LogP contribution in [0.25, 0.3) is 16.5 Å². The van der Waals surface area contributed by atoms with Gasteiger partial charge in [0.15, 0.2) is 17.3 Å². The highest BCUT2D eigenvalue weighted by atomic mass is 19.1. The van der Waals surface area contributed by atoms with Gasteiger partial charge in [0.25, 0.3) is 0 Å². The summed E-state index contributed by atoms with van der Waals surface area (Å²) in [6.07, 6.45) is 5.52. The molecule has 5 aromatic rings. The lowest BCUT2D eigenvalue weighted by Crippen LogP contribution is -2.30. The molecule has 0 spiro atoms. The number of allylic oxidation sites excluding steroid dienone is 2. The van der Waals surface area contributed by atoms with Gasteiger partial charge in [-0.1, -0.05) is 18.2 Å². The van der Waals surface area contributed by atoms with Crippen LogP contribution in [-0.2, 0) is 11.2 Å². The Balaban J connectivity index is 1.21. The predicted molar refractivity (Wildman–Crippen MR) is 165 cm³/mol. The second kappa shape index (κ2) is 11.9. The summed E-state index contributed by atoms with van der Waals surface area (Å²) in [6, 6.07) is 19.1. The number of hydrogen-bond acceptors (Lipinski definition) is 7. The lowest BCUT2D eigenvalue weighted by molar-refractivity contribution is -0.0146. The summed E-state index contributed by atoms with van der Waals surface area (Å²) < 4.78 is 46.0. The third kappa shape index (κ3) is 6.00. The minimum Gasteiger partial charge on any atom is -0.491 e. The van der Waals surface area contributed by atoms with Crippen molar-refractivity contribution >= 4 is 33.8 Å². The number of pyridine rings is 2. The third-order valence-corrected chi connectivity index (χ3v) is 7.42. The fourth-order valence-electron chi connectivity index (χ4n) is 4.85. The zero-order valence-electron chi connectivity index (χ0n) is 24.4. The number of hydrogen-bond donors (Lipinski definition) is 1. The first-order valence-corrected chi connectivity index (χ1v) is 14.0. The van der Waals surface area contributed by atoms with Gasteiger partial charge in [-0.15, -0.1) is 0 Å². The number of carbonyl (C=O) groups excluding carboxylic acids is 1. The van der Waals surface area contributed by atoms with Gasteiger partial charge in [0.2, 0.25) is 0 Å². The number of carbonyl (C=O) groups is 1. The Labute approximate surface area is 253 Å². The maximum absolute atomic E-state index is 15.3. The number of ketones is 1. The molecule has 2 heterocycles. The first-order valence-electron chi connectivity index (χ1n) is 14.0. The predicted octanol–water partition coefficient (Wildman–Crippen LogP) is 8.07. The number of methoxy groups -OCH3 is 1. The molecule has 44 heavy (non-hydrogen) atoms. The Morgan fingerprint density at radius 2 is 1.70 bits per heavy atom. The topological polar surface area (TPSA) is 82.6 Å². The van der Waals surface area contributed by atoms with Gasteiger partial charge in [0.05, 0.1) is 16.7 Å². The average molecular weight is 594 g/mol. The molecule has 7 nitrogen and oxygen atoms in total. The first kappa shape index (κ1) is 28.9. The molecule has 3 aromatic carbocycles. The van der Waals surface area contributed by atoms with E-state index in [4.69, 9.17) is 14.2 Å². The average Bonchev–Trinajstić information content (AvgIpc) is 3.02. The van der Waals surface area contributed by atoms with Gasteiger partial charge >= 0.3 is 0 Å². The number of anilines is 2. The molecule has 1 N–H and O–H groups in total. The highest BCUT2D eigenvalue weighted by molar-refractivity contribution is 6.32. The fraction of sp³-hybridized carbons (Fsp3) is 0.171. The summed E-state index contributed by atoms with van der Waals surface area (Å²) in [6.45, 7) is 4.22. The van der Waals surface area contributed by atoms with E-state index in [0.29, 0.717) is 63.6 Å². The van der Waals surface area contributed by atoms with Gasteiger partial charge in [-0.3, -0.25) is 9.78 Å². The van der Waals surface area contributed by atoms with Crippen LogP contribution >= 0.6 is 0 Å². The Hall–Kier alpha value is -5.15. The molecule has 0 fully saturated rings. The normalized spacial score (nSPS) is 12.9. The number of aromatic nitrogens is 2. The molecular formula is C35H29F2N3O4. The molecule has 0 bridgehead atoms. The minimum atomic E-state index is -0.607. The summed E-state index contributed by atoms with van der Waals surface area (Å²) in [7, 11) is 1.63. The van der Waals surface area contributed by atoms with Crippen molar-refractivity contribution in [2.24, 2.45) is 0 Å². The van der Waals surface area contributed by atoms with E-state index in [2.05, 4.69) is 15.3 Å². The summed E-state index contributed by atoms with van der Waals surface area (Å²) >= 11 is 0. The number of fused-ring (bicyclic) bond motifs is 2. The summed E-state index contributed by atoms with van der Waals surface area (Å²) in [4.78, 5) is 22.3. The van der Waals surface area contributed by atoms with E-state index in [9.17, 15) is 9.18 Å². The standard InChI is InChI=1S/C35H29F2N3O4/c1-35(2,42-3)20-43-25-10-12-27-29(19-25)38-17-15-30(27)44-31-13-9-24(18-28(31)37)40-34-32-22(14-16-39-34)6-11-26(33(32)41)21-4-7-23(36)8-5-21/h4-5,7-19H,6,20H2,1-3H3,(H,39,40). The van der Waals surface area contributed by atoms with Crippen molar-refractivity contribution in [1.82, 2.24) is 9.97 Å². The maximum Gasteiger partial charge on any atom is 0.197 e. The van der Waals surface area contributed by atoms with Gasteiger partial charge < -0.3 is 19.5 Å². The number of ether oxygens (including phenoxy) is 3. The quantitative estimate of drug-likeness (QED) is 0.185. The molecule has 0 amide bonds. The Morgan fingerprint density at radius 1 is 0.909 bits per heavy atom. The van der Waals surface area contributed by atoms with E-state index in [1.807, 2.05) is 26.0 Å². The van der Waals surface area contributed by atoms with E-state index in [-0.39, 0.29) is 17.3 Å². The molecule has 6 rings (SSSR count). The van der Waals surface area contributed by atoms with Crippen LogP contribution in [0.2, 0.25) is 0 Å². The molecular weight excluding hydrogens is 564 g/mol. The van der Waals surface area contributed by atoms with E-state index in [0.717, 1.165) is 5.56 Å². The minimum absolute atomic E-state index is 0.0193. The zero-order chi connectivity index (χ0) is 30.8. The van der Waals surface area contributed by atoms with Crippen molar-refractivity contribution in [3.05, 3.63) is 120 Å². The molecule has 0 atom stereocenters. The molecule has 0 unspecified atom stereocenters. The van der Waals surface area contributed by atoms with Crippen LogP contribution in [0.15, 0.2) is 91.3 Å². The Bertz CT molecular complexity index is 1910. The fourth-order valence-corrected chi connectivity index (χ4v) is 4.85. The van der Waals surface area contributed by atoms with E-state index >= 15 is 4.39 Å². The monoisotopic (exact) mass is 593 g/mol. The smallest absolute Gasteiger partial charge is 0.197 e. The molecule has 0 saturated heterocycles. The second-order valence-electron chi connectivity index (χ2n) is 11.0. The molecule has 222 valence electrons. The molecule has 0 aliphatic heterocycles. The highest BCUT2D eigenvalue weighted by Gasteiger charge is 2.26. The number of rotatable bonds is 9. The van der Waals surface area contributed by atoms with E-state index in [1.165, 1.54) is 24.3 Å². The van der Waals surface area contributed by atoms with Crippen LogP contribution in [0, 0.1) is 11.6 Å². The van der Waals surface area contributed by atoms with Gasteiger partial charge in [0.1, 0.15) is 29.7 Å². The Morgan fingerprint density at radius 3 is 2.48 bits per heavy atom. The van der Waals surface area contributed by atoms with Gasteiger partial charge in [-0.25, -0.2) is 13.8 Å². The summed E-state index contributed by atoms with van der Waals surface area (Å²) in [5.74, 6) is 0.160. The number of benzene rings is 3. The number of Topliss-reactive ketones (excluding diaryl/α,β-unsaturated/α-hetero) is 1. The molecule has 9 heteroatoms. The van der Waals surface area contributed by atoms with Crippen LogP contribution in [-0.4, -0.2) is 35.1 Å². The van der Waals surface area contributed by atoms with Crippen LogP contribution in [0.1, 0.15) is 35.3 Å². The zero-order valence-corrected chi connectivity index (χ0v) is 24.4. The van der Waals surface area contributed by atoms with Crippen molar-refractivity contribution in [2.45, 2.75) is 25.9 Å². The Kier molecular flexibility index (Phi) is 7.80. The lowest BCUT2D eigenvalue weighted by Gasteiger charge is -2.23. The molecule has 0 radical (unpaired) electrons. The van der Waals surface area contributed by atoms with Gasteiger partial charge in [-0.05, 0) is 79.9 Å². The number of halogens is 2. The summed E-state index contributed by atoms with van der Waals surface area (Å²) in [5, 5.41) is 3.78. The van der Waals surface area contributed by atoms with Crippen LogP contribution in [0.4, 0.5) is 20.3 Å². The van der Waals surface area contributed by atoms with Crippen molar-refractivity contribution < 1.29 is 27.8 Å². The van der Waals surface area contributed by atoms with Crippen LogP contribution in [0.3, 0.4) is 0 Å². The van der Waals surface area contributed by atoms with E-state index < -0.39 is 11.4 Å². The van der Waals surface area contributed by atoms with Crippen molar-refractivity contribution in [2.75, 3.05) is 19.0 Å². The first-order chi connectivity index (χ1) is 21.2.